The summed E-state index contributed by atoms with van der Waals surface area (Å²) in [5.74, 6) is 0. The smallest absolute Gasteiger partial charge is 0.136 e. The molecule has 1 heterocycles. The highest BCUT2D eigenvalue weighted by molar-refractivity contribution is 7.11. The number of thiazole rings is 1. The zero-order valence-corrected chi connectivity index (χ0v) is 15.7. The van der Waals surface area contributed by atoms with Crippen molar-refractivity contribution < 1.29 is 0 Å². The second kappa shape index (κ2) is 7.90. The Morgan fingerprint density at radius 2 is 1.92 bits per heavy atom. The number of hydrogen-bond donors (Lipinski definition) is 1. The molecule has 0 unspecified atom stereocenters. The van der Waals surface area contributed by atoms with Gasteiger partial charge in [-0.1, -0.05) is 46.9 Å². The van der Waals surface area contributed by atoms with Crippen molar-refractivity contribution in [2.45, 2.75) is 0 Å². The molecular formula is C18H10Cl3N3S. The quantitative estimate of drug-likeness (QED) is 0.488. The van der Waals surface area contributed by atoms with Crippen molar-refractivity contribution in [3.8, 4) is 17.3 Å². The third-order valence-electron chi connectivity index (χ3n) is 3.31. The van der Waals surface area contributed by atoms with Crippen molar-refractivity contribution in [1.82, 2.24) is 4.98 Å². The SMILES string of the molecule is N#CC(=CNc1ccccc1Cl)c1nc(-c2ccc(Cl)cc2Cl)cs1. The molecule has 0 amide bonds. The number of nitriles is 1. The number of halogens is 3. The van der Waals surface area contributed by atoms with Gasteiger partial charge >= 0.3 is 0 Å². The van der Waals surface area contributed by atoms with E-state index in [2.05, 4.69) is 16.4 Å². The first-order valence-corrected chi connectivity index (χ1v) is 9.12. The predicted octanol–water partition coefficient (Wildman–Crippen LogP) is 6.75. The first-order chi connectivity index (χ1) is 12.1. The van der Waals surface area contributed by atoms with Crippen molar-refractivity contribution in [1.29, 1.82) is 5.26 Å². The van der Waals surface area contributed by atoms with Gasteiger partial charge in [-0.05, 0) is 30.3 Å². The third-order valence-corrected chi connectivity index (χ3v) is 5.06. The number of aromatic nitrogens is 1. The van der Waals surface area contributed by atoms with E-state index < -0.39 is 0 Å². The van der Waals surface area contributed by atoms with E-state index in [1.165, 1.54) is 11.3 Å². The molecule has 3 nitrogen and oxygen atoms in total. The second-order valence-corrected chi connectivity index (χ2v) is 7.07. The molecule has 0 spiro atoms. The van der Waals surface area contributed by atoms with E-state index >= 15 is 0 Å². The standard InChI is InChI=1S/C18H10Cl3N3S/c19-12-5-6-13(15(21)7-12)17-10-25-18(24-17)11(8-22)9-23-16-4-2-1-3-14(16)20/h1-7,9-10,23H. The molecule has 0 saturated carbocycles. The van der Waals surface area contributed by atoms with Crippen molar-refractivity contribution >= 4 is 57.4 Å². The fourth-order valence-corrected chi connectivity index (χ4v) is 3.57. The summed E-state index contributed by atoms with van der Waals surface area (Å²) in [7, 11) is 0. The number of nitrogens with zero attached hydrogens (tertiary/aromatic N) is 2. The highest BCUT2D eigenvalue weighted by Gasteiger charge is 2.12. The lowest BCUT2D eigenvalue weighted by atomic mass is 10.2. The van der Waals surface area contributed by atoms with Crippen LogP contribution in [0.15, 0.2) is 54.0 Å². The van der Waals surface area contributed by atoms with Crippen LogP contribution in [0.4, 0.5) is 5.69 Å². The number of hydrogen-bond acceptors (Lipinski definition) is 4. The van der Waals surface area contributed by atoms with Gasteiger partial charge in [-0.25, -0.2) is 4.98 Å². The summed E-state index contributed by atoms with van der Waals surface area (Å²) in [4.78, 5) is 4.50. The van der Waals surface area contributed by atoms with Crippen molar-refractivity contribution in [3.05, 3.63) is 74.1 Å². The zero-order valence-electron chi connectivity index (χ0n) is 12.6. The lowest BCUT2D eigenvalue weighted by molar-refractivity contribution is 1.36. The van der Waals surface area contributed by atoms with Gasteiger partial charge in [0.25, 0.3) is 0 Å². The van der Waals surface area contributed by atoms with Gasteiger partial charge < -0.3 is 5.32 Å². The maximum absolute atomic E-state index is 9.43. The molecule has 124 valence electrons. The normalized spacial score (nSPS) is 11.2. The topological polar surface area (TPSA) is 48.7 Å². The van der Waals surface area contributed by atoms with Crippen LogP contribution in [0.5, 0.6) is 0 Å². The minimum atomic E-state index is 0.404. The van der Waals surface area contributed by atoms with E-state index in [9.17, 15) is 5.26 Å². The van der Waals surface area contributed by atoms with Crippen molar-refractivity contribution in [2.24, 2.45) is 0 Å². The number of benzene rings is 2. The maximum atomic E-state index is 9.43. The Morgan fingerprint density at radius 3 is 2.64 bits per heavy atom. The minimum Gasteiger partial charge on any atom is -0.359 e. The molecule has 3 aromatic rings. The van der Waals surface area contributed by atoms with Gasteiger partial charge in [0, 0.05) is 22.2 Å². The van der Waals surface area contributed by atoms with Gasteiger partial charge in [0.15, 0.2) is 0 Å². The van der Waals surface area contributed by atoms with E-state index in [0.29, 0.717) is 31.3 Å². The second-order valence-electron chi connectivity index (χ2n) is 4.96. The summed E-state index contributed by atoms with van der Waals surface area (Å²) in [6.45, 7) is 0. The molecule has 0 fully saturated rings. The minimum absolute atomic E-state index is 0.404. The van der Waals surface area contributed by atoms with E-state index in [-0.39, 0.29) is 0 Å². The first-order valence-electron chi connectivity index (χ1n) is 7.11. The molecule has 0 aliphatic carbocycles. The number of para-hydroxylation sites is 1. The van der Waals surface area contributed by atoms with Gasteiger partial charge in [-0.2, -0.15) is 5.26 Å². The molecule has 0 atom stereocenters. The molecule has 7 heteroatoms. The highest BCUT2D eigenvalue weighted by atomic mass is 35.5. The molecule has 0 radical (unpaired) electrons. The fraction of sp³-hybridized carbons (Fsp3) is 0. The van der Waals surface area contributed by atoms with Gasteiger partial charge in [-0.3, -0.25) is 0 Å². The molecule has 25 heavy (non-hydrogen) atoms. The van der Waals surface area contributed by atoms with Crippen LogP contribution in [-0.2, 0) is 0 Å². The predicted molar refractivity (Wildman–Crippen MR) is 106 cm³/mol. The van der Waals surface area contributed by atoms with Crippen LogP contribution in [-0.4, -0.2) is 4.98 Å². The molecule has 1 aromatic heterocycles. The van der Waals surface area contributed by atoms with Crippen LogP contribution in [0.25, 0.3) is 16.8 Å². The lowest BCUT2D eigenvalue weighted by Crippen LogP contribution is -1.91. The Morgan fingerprint density at radius 1 is 1.12 bits per heavy atom. The summed E-state index contributed by atoms with van der Waals surface area (Å²) >= 11 is 19.6. The van der Waals surface area contributed by atoms with Gasteiger partial charge in [0.05, 0.1) is 21.4 Å². The average molecular weight is 407 g/mol. The van der Waals surface area contributed by atoms with E-state index in [1.54, 1.807) is 30.5 Å². The molecule has 2 aromatic carbocycles. The largest absolute Gasteiger partial charge is 0.359 e. The first kappa shape index (κ1) is 17.8. The van der Waals surface area contributed by atoms with E-state index in [1.807, 2.05) is 23.6 Å². The van der Waals surface area contributed by atoms with Crippen LogP contribution in [0.2, 0.25) is 15.1 Å². The Bertz CT molecular complexity index is 989. The molecule has 0 saturated heterocycles. The monoisotopic (exact) mass is 405 g/mol. The summed E-state index contributed by atoms with van der Waals surface area (Å²) < 4.78 is 0. The fourth-order valence-electron chi connectivity index (χ4n) is 2.09. The Kier molecular flexibility index (Phi) is 5.62. The Labute approximate surface area is 164 Å². The van der Waals surface area contributed by atoms with Crippen LogP contribution in [0, 0.1) is 11.3 Å². The summed E-state index contributed by atoms with van der Waals surface area (Å²) in [5, 5.41) is 16.6. The van der Waals surface area contributed by atoms with Gasteiger partial charge in [0.2, 0.25) is 0 Å². The third kappa shape index (κ3) is 4.15. The summed E-state index contributed by atoms with van der Waals surface area (Å²) in [5.41, 5.74) is 2.58. The van der Waals surface area contributed by atoms with Crippen molar-refractivity contribution in [2.75, 3.05) is 5.32 Å². The number of anilines is 1. The molecule has 0 bridgehead atoms. The van der Waals surface area contributed by atoms with Crippen LogP contribution in [0.1, 0.15) is 5.01 Å². The van der Waals surface area contributed by atoms with E-state index in [0.717, 1.165) is 11.3 Å². The molecular weight excluding hydrogens is 397 g/mol. The Hall–Kier alpha value is -2.03. The van der Waals surface area contributed by atoms with Crippen LogP contribution in [0.3, 0.4) is 0 Å². The maximum Gasteiger partial charge on any atom is 0.136 e. The summed E-state index contributed by atoms with van der Waals surface area (Å²) in [6.07, 6.45) is 1.59. The van der Waals surface area contributed by atoms with Crippen molar-refractivity contribution in [3.63, 3.8) is 0 Å². The molecule has 0 aliphatic heterocycles. The molecule has 1 N–H and O–H groups in total. The van der Waals surface area contributed by atoms with Gasteiger partial charge in [-0.15, -0.1) is 11.3 Å². The zero-order chi connectivity index (χ0) is 17.8. The average Bonchev–Trinajstić information content (AvgIpc) is 3.06. The number of allylic oxidation sites excluding steroid dienone is 1. The van der Waals surface area contributed by atoms with Crippen LogP contribution < -0.4 is 5.32 Å². The van der Waals surface area contributed by atoms with E-state index in [4.69, 9.17) is 34.8 Å². The number of nitrogens with one attached hydrogen (secondary N) is 1. The highest BCUT2D eigenvalue weighted by Crippen LogP contribution is 2.32. The van der Waals surface area contributed by atoms with Crippen LogP contribution >= 0.6 is 46.1 Å². The molecule has 3 rings (SSSR count). The number of rotatable bonds is 4. The lowest BCUT2D eigenvalue weighted by Gasteiger charge is -2.03. The Balaban J connectivity index is 1.88. The summed E-state index contributed by atoms with van der Waals surface area (Å²) in [6, 6.07) is 14.7. The molecule has 0 aliphatic rings. The van der Waals surface area contributed by atoms with Gasteiger partial charge in [0.1, 0.15) is 16.6 Å².